The van der Waals surface area contributed by atoms with Crippen molar-refractivity contribution >= 4 is 47.4 Å². The number of benzene rings is 1. The minimum atomic E-state index is -1.80. The van der Waals surface area contributed by atoms with E-state index in [2.05, 4.69) is 26.3 Å². The third-order valence-corrected chi connectivity index (χ3v) is 10.1. The van der Waals surface area contributed by atoms with Crippen LogP contribution in [0.15, 0.2) is 70.9 Å². The molecule has 0 aromatic heterocycles. The van der Waals surface area contributed by atoms with Gasteiger partial charge in [-0.15, -0.1) is 0 Å². The van der Waals surface area contributed by atoms with E-state index in [4.69, 9.17) is 16.2 Å². The van der Waals surface area contributed by atoms with Crippen LogP contribution in [0, 0.1) is 17.8 Å². The Morgan fingerprint density at radius 3 is 2.19 bits per heavy atom. The first kappa shape index (κ1) is 49.1. The van der Waals surface area contributed by atoms with Crippen LogP contribution in [-0.2, 0) is 44.7 Å². The molecular formula is C41H60N8O10. The normalized spacial score (nSPS) is 25.1. The fourth-order valence-electron chi connectivity index (χ4n) is 6.38. The average Bonchev–Trinajstić information content (AvgIpc) is 3.19. The summed E-state index contributed by atoms with van der Waals surface area (Å²) in [6.07, 6.45) is 6.35. The second-order valence-electron chi connectivity index (χ2n) is 14.6. The highest BCUT2D eigenvalue weighted by Gasteiger charge is 2.36. The summed E-state index contributed by atoms with van der Waals surface area (Å²) in [5.74, 6) is -9.91. The number of rotatable bonds is 13. The van der Waals surface area contributed by atoms with Gasteiger partial charge in [0.1, 0.15) is 23.8 Å². The number of nitrogens with two attached hydrogens (primary N) is 2. The molecule has 5 amide bonds. The van der Waals surface area contributed by atoms with Crippen LogP contribution in [0.1, 0.15) is 65.9 Å². The fraction of sp³-hybridized carbons (Fsp3) is 0.512. The highest BCUT2D eigenvalue weighted by Crippen LogP contribution is 2.19. The maximum absolute atomic E-state index is 14.1. The number of carbonyl (C=O) groups excluding carboxylic acids is 5. The second-order valence-corrected chi connectivity index (χ2v) is 14.6. The molecule has 59 heavy (non-hydrogen) atoms. The molecule has 2 rings (SSSR count). The molecule has 0 saturated carbocycles. The van der Waals surface area contributed by atoms with Crippen molar-refractivity contribution in [3.8, 4) is 0 Å². The largest absolute Gasteiger partial charge is 0.480 e. The van der Waals surface area contributed by atoms with Gasteiger partial charge in [0.05, 0.1) is 24.0 Å². The third-order valence-electron chi connectivity index (χ3n) is 10.1. The Balaban J connectivity index is 2.63. The lowest BCUT2D eigenvalue weighted by molar-refractivity contribution is -0.146. The lowest BCUT2D eigenvalue weighted by Gasteiger charge is -2.28. The van der Waals surface area contributed by atoms with Crippen molar-refractivity contribution in [3.05, 3.63) is 71.5 Å². The second kappa shape index (κ2) is 24.0. The zero-order chi connectivity index (χ0) is 44.4. The molecule has 3 unspecified atom stereocenters. The number of guanidine groups is 1. The monoisotopic (exact) mass is 824 g/mol. The lowest BCUT2D eigenvalue weighted by atomic mass is 9.94. The summed E-state index contributed by atoms with van der Waals surface area (Å²) in [4.78, 5) is 97.5. The summed E-state index contributed by atoms with van der Waals surface area (Å²) in [7, 11) is 2.88. The van der Waals surface area contributed by atoms with Crippen LogP contribution in [0.4, 0.5) is 0 Å². The van der Waals surface area contributed by atoms with Crippen molar-refractivity contribution in [1.82, 2.24) is 26.2 Å². The van der Waals surface area contributed by atoms with Crippen molar-refractivity contribution in [2.45, 2.75) is 97.0 Å². The molecule has 0 radical (unpaired) electrons. The number of hydrogen-bond donors (Lipinski definition) is 8. The van der Waals surface area contributed by atoms with E-state index in [1.165, 1.54) is 33.9 Å². The average molecular weight is 825 g/mol. The zero-order valence-electron chi connectivity index (χ0n) is 34.8. The summed E-state index contributed by atoms with van der Waals surface area (Å²) < 4.78 is 5.79. The number of carboxylic acid groups (broad SMARTS) is 2. The molecule has 1 fully saturated rings. The minimum absolute atomic E-state index is 0.0326. The number of aliphatic imine (C=N–C) groups is 1. The molecule has 10 N–H and O–H groups in total. The quantitative estimate of drug-likeness (QED) is 0.0454. The zero-order valence-corrected chi connectivity index (χ0v) is 34.8. The summed E-state index contributed by atoms with van der Waals surface area (Å²) in [5, 5.41) is 30.2. The van der Waals surface area contributed by atoms with Crippen LogP contribution < -0.4 is 32.7 Å². The van der Waals surface area contributed by atoms with E-state index in [1.807, 2.05) is 50.3 Å². The Hall–Kier alpha value is -6.04. The van der Waals surface area contributed by atoms with E-state index in [1.54, 1.807) is 19.3 Å². The number of carbonyl (C=O) groups is 7. The highest BCUT2D eigenvalue weighted by atomic mass is 16.5. The minimum Gasteiger partial charge on any atom is -0.480 e. The van der Waals surface area contributed by atoms with E-state index < -0.39 is 83.9 Å². The molecule has 0 aliphatic carbocycles. The summed E-state index contributed by atoms with van der Waals surface area (Å²) in [6.45, 7) is 8.07. The third kappa shape index (κ3) is 15.7. The summed E-state index contributed by atoms with van der Waals surface area (Å²) >= 11 is 0. The summed E-state index contributed by atoms with van der Waals surface area (Å²) in [6, 6.07) is 4.12. The fourth-order valence-corrected chi connectivity index (χ4v) is 6.38. The molecule has 1 aromatic rings. The molecule has 324 valence electrons. The Kier molecular flexibility index (Phi) is 20.0. The Morgan fingerprint density at radius 2 is 1.61 bits per heavy atom. The molecule has 1 heterocycles. The number of carboxylic acids is 2. The van der Waals surface area contributed by atoms with E-state index in [-0.39, 0.29) is 49.5 Å². The number of aliphatic carboxylic acids is 2. The highest BCUT2D eigenvalue weighted by molar-refractivity contribution is 6.00. The van der Waals surface area contributed by atoms with Gasteiger partial charge in [-0.1, -0.05) is 81.0 Å². The van der Waals surface area contributed by atoms with Gasteiger partial charge < -0.3 is 52.6 Å². The van der Waals surface area contributed by atoms with Crippen LogP contribution in [0.25, 0.3) is 0 Å². The van der Waals surface area contributed by atoms with Crippen LogP contribution >= 0.6 is 0 Å². The van der Waals surface area contributed by atoms with Gasteiger partial charge in [0.2, 0.25) is 23.6 Å². The maximum Gasteiger partial charge on any atom is 0.327 e. The van der Waals surface area contributed by atoms with Crippen molar-refractivity contribution in [2.75, 3.05) is 20.7 Å². The number of allylic oxidation sites excluding steroid dienone is 3. The number of likely N-dealkylation sites (N-methyl/N-ethyl adjacent to an activating group) is 1. The maximum atomic E-state index is 14.1. The number of nitrogens with zero attached hydrogens (tertiary/aromatic N) is 2. The number of nitrogens with one attached hydrogen (secondary N) is 4. The predicted octanol–water partition coefficient (Wildman–Crippen LogP) is 0.973. The molecule has 1 aliphatic heterocycles. The smallest absolute Gasteiger partial charge is 0.327 e. The van der Waals surface area contributed by atoms with Gasteiger partial charge in [-0.3, -0.25) is 29.0 Å². The first-order valence-corrected chi connectivity index (χ1v) is 19.4. The Labute approximate surface area is 344 Å². The molecular weight excluding hydrogens is 764 g/mol. The molecule has 1 aromatic carbocycles. The van der Waals surface area contributed by atoms with E-state index in [9.17, 15) is 43.8 Å². The van der Waals surface area contributed by atoms with Crippen molar-refractivity contribution < 1.29 is 48.5 Å². The number of amides is 5. The molecule has 8 atom stereocenters. The first-order valence-electron chi connectivity index (χ1n) is 19.4. The van der Waals surface area contributed by atoms with Gasteiger partial charge in [0.15, 0.2) is 5.96 Å². The van der Waals surface area contributed by atoms with Crippen LogP contribution in [0.5, 0.6) is 0 Å². The summed E-state index contributed by atoms with van der Waals surface area (Å²) in [5.41, 5.74) is 12.5. The Morgan fingerprint density at radius 1 is 0.966 bits per heavy atom. The van der Waals surface area contributed by atoms with E-state index in [0.29, 0.717) is 6.42 Å². The van der Waals surface area contributed by atoms with E-state index in [0.717, 1.165) is 16.0 Å². The van der Waals surface area contributed by atoms with Crippen molar-refractivity contribution in [3.63, 3.8) is 0 Å². The van der Waals surface area contributed by atoms with Gasteiger partial charge in [-0.25, -0.2) is 9.59 Å². The van der Waals surface area contributed by atoms with Gasteiger partial charge >= 0.3 is 11.9 Å². The Bertz CT molecular complexity index is 1780. The standard InChI is InChI=1S/C41H60N8O10/c1-8-31-38(54)48-34(40(57)58)26(5)36(52)46-29(15-12-20-44-41(42)43)37(53)45-28(25(4)35(51)47-30(39(55)56)18-19-33(50)49(31)6)17-16-23(2)21-24(3)32(59-7)22-27-13-10-9-11-14-27/h8-11,13-14,16-17,21,24-26,28-30,32,34H,12,15,18-20,22H2,1-7H3,(H,45,53)(H,46,52)(H,47,51)(H,48,54)(H,55,56)(H,57,58)(H4,42,43,44)/b17-16+,23-21+,31-8-/t24-,25-,26-,28?,29?,30+,32-,34?/m0/s1. The molecule has 1 aliphatic rings. The first-order chi connectivity index (χ1) is 27.8. The van der Waals surface area contributed by atoms with Gasteiger partial charge in [0, 0.05) is 33.0 Å². The van der Waals surface area contributed by atoms with E-state index >= 15 is 0 Å². The molecule has 1 saturated heterocycles. The van der Waals surface area contributed by atoms with Crippen LogP contribution in [-0.4, -0.2) is 114 Å². The predicted molar refractivity (Wildman–Crippen MR) is 220 cm³/mol. The van der Waals surface area contributed by atoms with Gasteiger partial charge in [-0.05, 0) is 45.1 Å². The van der Waals surface area contributed by atoms with Crippen molar-refractivity contribution in [1.29, 1.82) is 0 Å². The number of methoxy groups -OCH3 is 1. The molecule has 18 nitrogen and oxygen atoms in total. The number of hydrogen-bond acceptors (Lipinski definition) is 9. The number of ether oxygens (including phenoxy) is 1. The topological polar surface area (TPSA) is 285 Å². The van der Waals surface area contributed by atoms with Gasteiger partial charge in [-0.2, -0.15) is 0 Å². The van der Waals surface area contributed by atoms with Crippen LogP contribution in [0.2, 0.25) is 0 Å². The molecule has 0 spiro atoms. The van der Waals surface area contributed by atoms with Gasteiger partial charge in [0.25, 0.3) is 5.91 Å². The molecule has 18 heteroatoms. The SMILES string of the molecule is C/C=C1/C(=O)NC(C(=O)O)[C@H](C)C(=O)NC(CCCN=C(N)N)C(=O)NC(/C=C/C(C)=C/[C@H](C)[C@H](Cc2ccccc2)OC)[C@H](C)C(=O)N[C@@H](C(=O)O)CCC(=O)N1C. The lowest BCUT2D eigenvalue weighted by Crippen LogP contribution is -2.56. The van der Waals surface area contributed by atoms with Crippen LogP contribution in [0.3, 0.4) is 0 Å². The van der Waals surface area contributed by atoms with Crippen molar-refractivity contribution in [2.24, 2.45) is 34.2 Å². The molecule has 0 bridgehead atoms.